The smallest absolute Gasteiger partial charge is 0.0256 e. The number of hydrogen-bond donors (Lipinski definition) is 1. The summed E-state index contributed by atoms with van der Waals surface area (Å²) < 4.78 is 0.509. The van der Waals surface area contributed by atoms with Crippen LogP contribution in [0.5, 0.6) is 0 Å². The van der Waals surface area contributed by atoms with Crippen molar-refractivity contribution in [3.63, 3.8) is 0 Å². The van der Waals surface area contributed by atoms with Crippen molar-refractivity contribution < 1.29 is 0 Å². The Morgan fingerprint density at radius 2 is 2.47 bits per heavy atom. The molecule has 1 unspecified atom stereocenters. The molecule has 0 amide bonds. The minimum atomic E-state index is 0.509. The second-order valence-electron chi connectivity index (χ2n) is 4.41. The molecule has 2 rings (SSSR count). The first kappa shape index (κ1) is 11.5. The lowest BCUT2D eigenvalue weighted by molar-refractivity contribution is 0.540. The van der Waals surface area contributed by atoms with Crippen molar-refractivity contribution >= 4 is 23.1 Å². The fraction of sp³-hybridized carbons (Fsp3) is 0.667. The highest BCUT2D eigenvalue weighted by Crippen LogP contribution is 2.36. The Morgan fingerprint density at radius 1 is 1.53 bits per heavy atom. The second kappa shape index (κ2) is 5.37. The van der Waals surface area contributed by atoms with Crippen LogP contribution in [0.4, 0.5) is 0 Å². The molecule has 1 aliphatic rings. The molecule has 2 heterocycles. The van der Waals surface area contributed by atoms with Crippen molar-refractivity contribution in [3.05, 3.63) is 22.4 Å². The Labute approximate surface area is 101 Å². The molecule has 3 heteroatoms. The second-order valence-corrected chi connectivity index (χ2v) is 7.12. The molecule has 15 heavy (non-hydrogen) atoms. The van der Waals surface area contributed by atoms with E-state index in [9.17, 15) is 0 Å². The largest absolute Gasteiger partial charge is 0.315 e. The van der Waals surface area contributed by atoms with E-state index in [1.165, 1.54) is 36.4 Å². The predicted octanol–water partition coefficient (Wildman–Crippen LogP) is 3.17. The van der Waals surface area contributed by atoms with Crippen molar-refractivity contribution in [2.45, 2.75) is 30.9 Å². The van der Waals surface area contributed by atoms with Gasteiger partial charge in [0.05, 0.1) is 0 Å². The molecular formula is C12H19NS2. The standard InChI is InChI=1S/C12H19NS2/c1-12(6-3-9-15-12)10-13-7-5-11-4-2-8-14-11/h2,4,8,13H,3,5-7,9-10H2,1H3. The van der Waals surface area contributed by atoms with Crippen molar-refractivity contribution in [3.8, 4) is 0 Å². The van der Waals surface area contributed by atoms with Crippen LogP contribution in [0.2, 0.25) is 0 Å². The van der Waals surface area contributed by atoms with Gasteiger partial charge in [-0.05, 0) is 43.4 Å². The summed E-state index contributed by atoms with van der Waals surface area (Å²) >= 11 is 3.99. The predicted molar refractivity (Wildman–Crippen MR) is 71.0 cm³/mol. The zero-order valence-electron chi connectivity index (χ0n) is 9.29. The number of hydrogen-bond acceptors (Lipinski definition) is 3. The zero-order chi connectivity index (χ0) is 10.6. The van der Waals surface area contributed by atoms with E-state index in [-0.39, 0.29) is 0 Å². The highest BCUT2D eigenvalue weighted by atomic mass is 32.2. The van der Waals surface area contributed by atoms with E-state index in [2.05, 4.69) is 41.5 Å². The topological polar surface area (TPSA) is 12.0 Å². The summed E-state index contributed by atoms with van der Waals surface area (Å²) in [4.78, 5) is 1.49. The summed E-state index contributed by atoms with van der Waals surface area (Å²) in [5.74, 6) is 1.35. The van der Waals surface area contributed by atoms with E-state index < -0.39 is 0 Å². The van der Waals surface area contributed by atoms with E-state index >= 15 is 0 Å². The van der Waals surface area contributed by atoms with Gasteiger partial charge in [-0.3, -0.25) is 0 Å². The fourth-order valence-electron chi connectivity index (χ4n) is 2.00. The van der Waals surface area contributed by atoms with E-state index in [1.54, 1.807) is 0 Å². The Balaban J connectivity index is 1.62. The summed E-state index contributed by atoms with van der Waals surface area (Å²) in [6, 6.07) is 4.35. The van der Waals surface area contributed by atoms with Crippen LogP contribution >= 0.6 is 23.1 Å². The molecule has 0 spiro atoms. The van der Waals surface area contributed by atoms with E-state index in [0.717, 1.165) is 6.54 Å². The van der Waals surface area contributed by atoms with Crippen molar-refractivity contribution in [2.24, 2.45) is 0 Å². The molecule has 1 N–H and O–H groups in total. The molecular weight excluding hydrogens is 222 g/mol. The molecule has 84 valence electrons. The van der Waals surface area contributed by atoms with Crippen LogP contribution in [0.25, 0.3) is 0 Å². The normalized spacial score (nSPS) is 25.9. The minimum Gasteiger partial charge on any atom is -0.315 e. The lowest BCUT2D eigenvalue weighted by Gasteiger charge is -2.22. The first-order valence-electron chi connectivity index (χ1n) is 5.66. The van der Waals surface area contributed by atoms with Gasteiger partial charge in [-0.25, -0.2) is 0 Å². The zero-order valence-corrected chi connectivity index (χ0v) is 10.9. The van der Waals surface area contributed by atoms with Gasteiger partial charge in [0.1, 0.15) is 0 Å². The van der Waals surface area contributed by atoms with Gasteiger partial charge in [0.15, 0.2) is 0 Å². The molecule has 0 bridgehead atoms. The summed E-state index contributed by atoms with van der Waals surface area (Å²) in [7, 11) is 0. The molecule has 1 saturated heterocycles. The molecule has 1 fully saturated rings. The first-order valence-corrected chi connectivity index (χ1v) is 7.52. The van der Waals surface area contributed by atoms with Gasteiger partial charge >= 0.3 is 0 Å². The van der Waals surface area contributed by atoms with Crippen molar-refractivity contribution in [1.29, 1.82) is 0 Å². The molecule has 0 radical (unpaired) electrons. The fourth-order valence-corrected chi connectivity index (χ4v) is 3.98. The van der Waals surface area contributed by atoms with Gasteiger partial charge in [-0.1, -0.05) is 6.07 Å². The number of thiophene rings is 1. The average Bonchev–Trinajstić information content (AvgIpc) is 2.84. The molecule has 1 nitrogen and oxygen atoms in total. The number of rotatable bonds is 5. The maximum absolute atomic E-state index is 3.59. The quantitative estimate of drug-likeness (QED) is 0.795. The van der Waals surface area contributed by atoms with Gasteiger partial charge < -0.3 is 5.32 Å². The van der Waals surface area contributed by atoms with Crippen LogP contribution < -0.4 is 5.32 Å². The maximum Gasteiger partial charge on any atom is 0.0256 e. The molecule has 1 aromatic rings. The molecule has 1 atom stereocenters. The highest BCUT2D eigenvalue weighted by Gasteiger charge is 2.28. The summed E-state index contributed by atoms with van der Waals surface area (Å²) in [6.07, 6.45) is 3.95. The van der Waals surface area contributed by atoms with Crippen molar-refractivity contribution in [1.82, 2.24) is 5.32 Å². The van der Waals surface area contributed by atoms with Crippen LogP contribution in [0.15, 0.2) is 17.5 Å². The Kier molecular flexibility index (Phi) is 4.12. The maximum atomic E-state index is 3.59. The van der Waals surface area contributed by atoms with Gasteiger partial charge in [-0.2, -0.15) is 11.8 Å². The van der Waals surface area contributed by atoms with Gasteiger partial charge in [0.25, 0.3) is 0 Å². The monoisotopic (exact) mass is 241 g/mol. The summed E-state index contributed by atoms with van der Waals surface area (Å²) in [5.41, 5.74) is 0. The van der Waals surface area contributed by atoms with E-state index in [1.807, 2.05) is 11.3 Å². The lowest BCUT2D eigenvalue weighted by atomic mass is 10.1. The third kappa shape index (κ3) is 3.51. The Bertz CT molecular complexity index is 276. The van der Waals surface area contributed by atoms with Crippen LogP contribution in [0.3, 0.4) is 0 Å². The van der Waals surface area contributed by atoms with Gasteiger partial charge in [-0.15, -0.1) is 11.3 Å². The molecule has 0 saturated carbocycles. The third-order valence-corrected chi connectivity index (χ3v) is 5.40. The molecule has 0 aliphatic carbocycles. The number of nitrogens with one attached hydrogen (secondary N) is 1. The van der Waals surface area contributed by atoms with Gasteiger partial charge in [0.2, 0.25) is 0 Å². The van der Waals surface area contributed by atoms with E-state index in [0.29, 0.717) is 4.75 Å². The Morgan fingerprint density at radius 3 is 3.13 bits per heavy atom. The van der Waals surface area contributed by atoms with Crippen LogP contribution in [0.1, 0.15) is 24.6 Å². The van der Waals surface area contributed by atoms with Crippen LogP contribution in [0, 0.1) is 0 Å². The summed E-state index contributed by atoms with van der Waals surface area (Å²) in [5, 5.41) is 5.75. The third-order valence-electron chi connectivity index (χ3n) is 2.93. The minimum absolute atomic E-state index is 0.509. The molecule has 1 aliphatic heterocycles. The SMILES string of the molecule is CC1(CNCCc2cccs2)CCCS1. The highest BCUT2D eigenvalue weighted by molar-refractivity contribution is 8.00. The lowest BCUT2D eigenvalue weighted by Crippen LogP contribution is -2.33. The van der Waals surface area contributed by atoms with Crippen molar-refractivity contribution in [2.75, 3.05) is 18.8 Å². The van der Waals surface area contributed by atoms with E-state index in [4.69, 9.17) is 0 Å². The van der Waals surface area contributed by atoms with Crippen LogP contribution in [-0.4, -0.2) is 23.6 Å². The molecule has 1 aromatic heterocycles. The summed E-state index contributed by atoms with van der Waals surface area (Å²) in [6.45, 7) is 4.68. The average molecular weight is 241 g/mol. The van der Waals surface area contributed by atoms with Gasteiger partial charge in [0, 0.05) is 22.7 Å². The van der Waals surface area contributed by atoms with Crippen LogP contribution in [-0.2, 0) is 6.42 Å². The molecule has 0 aromatic carbocycles. The number of thioether (sulfide) groups is 1. The Hall–Kier alpha value is 0.01000. The first-order chi connectivity index (χ1) is 7.29.